The number of hydrogen-bond donors (Lipinski definition) is 1. The summed E-state index contributed by atoms with van der Waals surface area (Å²) in [5, 5.41) is 10.5. The van der Waals surface area contributed by atoms with Gasteiger partial charge in [0.2, 0.25) is 0 Å². The van der Waals surface area contributed by atoms with Gasteiger partial charge in [-0.3, -0.25) is 4.90 Å². The predicted octanol–water partition coefficient (Wildman–Crippen LogP) is 4.12. The van der Waals surface area contributed by atoms with Crippen molar-refractivity contribution in [3.05, 3.63) is 83.2 Å². The molecule has 2 nitrogen and oxygen atoms in total. The molecule has 0 amide bonds. The quantitative estimate of drug-likeness (QED) is 0.836. The summed E-state index contributed by atoms with van der Waals surface area (Å²) in [7, 11) is 0. The van der Waals surface area contributed by atoms with E-state index in [1.54, 1.807) is 12.1 Å². The fraction of sp³-hybridized carbons (Fsp3) is 0.333. The number of halogens is 1. The van der Waals surface area contributed by atoms with Crippen LogP contribution in [0.1, 0.15) is 30.6 Å². The van der Waals surface area contributed by atoms with Gasteiger partial charge in [-0.2, -0.15) is 0 Å². The lowest BCUT2D eigenvalue weighted by atomic mass is 9.96. The number of nitrogens with zero attached hydrogens (tertiary/aromatic N) is 1. The molecule has 2 aromatic carbocycles. The molecule has 2 atom stereocenters. The summed E-state index contributed by atoms with van der Waals surface area (Å²) in [6, 6.07) is 16.7. The lowest BCUT2D eigenvalue weighted by molar-refractivity contribution is 0.0621. The van der Waals surface area contributed by atoms with Gasteiger partial charge in [0.15, 0.2) is 0 Å². The fourth-order valence-corrected chi connectivity index (χ4v) is 3.28. The van der Waals surface area contributed by atoms with Crippen molar-refractivity contribution in [1.82, 2.24) is 4.90 Å². The molecule has 3 rings (SSSR count). The summed E-state index contributed by atoms with van der Waals surface area (Å²) in [5.41, 5.74) is 3.43. The van der Waals surface area contributed by atoms with Gasteiger partial charge in [-0.05, 0) is 43.0 Å². The molecule has 24 heavy (non-hydrogen) atoms. The van der Waals surface area contributed by atoms with Crippen LogP contribution in [0.5, 0.6) is 0 Å². The molecule has 0 radical (unpaired) electrons. The highest BCUT2D eigenvalue weighted by atomic mass is 19.1. The third-order valence-electron chi connectivity index (χ3n) is 4.83. The third-order valence-corrected chi connectivity index (χ3v) is 4.83. The van der Waals surface area contributed by atoms with E-state index >= 15 is 0 Å². The molecule has 0 unspecified atom stereocenters. The molecule has 0 spiro atoms. The second kappa shape index (κ2) is 7.73. The average molecular weight is 325 g/mol. The Labute approximate surface area is 143 Å². The van der Waals surface area contributed by atoms with E-state index in [4.69, 9.17) is 0 Å². The molecule has 1 heterocycles. The van der Waals surface area contributed by atoms with E-state index in [0.717, 1.165) is 25.9 Å². The van der Waals surface area contributed by atoms with Gasteiger partial charge >= 0.3 is 0 Å². The molecule has 0 aliphatic carbocycles. The van der Waals surface area contributed by atoms with E-state index in [1.165, 1.54) is 23.3 Å². The molecule has 0 saturated heterocycles. The van der Waals surface area contributed by atoms with Crippen LogP contribution in [-0.2, 0) is 6.42 Å². The second-order valence-electron chi connectivity index (χ2n) is 6.51. The number of aliphatic hydroxyl groups is 1. The maximum absolute atomic E-state index is 13.4. The number of hydrogen-bond acceptors (Lipinski definition) is 2. The molecule has 3 heteroatoms. The predicted molar refractivity (Wildman–Crippen MR) is 95.2 cm³/mol. The Hall–Kier alpha value is -1.97. The maximum Gasteiger partial charge on any atom is 0.123 e. The van der Waals surface area contributed by atoms with Gasteiger partial charge in [-0.15, -0.1) is 0 Å². The molecular formula is C21H24FNO. The van der Waals surface area contributed by atoms with E-state index < -0.39 is 6.10 Å². The monoisotopic (exact) mass is 325 g/mol. The Balaban J connectivity index is 1.61. The zero-order valence-electron chi connectivity index (χ0n) is 14.0. The summed E-state index contributed by atoms with van der Waals surface area (Å²) >= 11 is 0. The zero-order chi connectivity index (χ0) is 16.9. The molecule has 2 aromatic rings. The highest BCUT2D eigenvalue weighted by Gasteiger charge is 2.24. The molecular weight excluding hydrogens is 301 g/mol. The highest BCUT2D eigenvalue weighted by Crippen LogP contribution is 2.25. The van der Waals surface area contributed by atoms with Crippen LogP contribution in [-0.4, -0.2) is 29.1 Å². The fourth-order valence-electron chi connectivity index (χ4n) is 3.28. The normalized spacial score (nSPS) is 18.0. The van der Waals surface area contributed by atoms with Gasteiger partial charge in [0.25, 0.3) is 0 Å². The van der Waals surface area contributed by atoms with E-state index in [1.807, 2.05) is 13.0 Å². The van der Waals surface area contributed by atoms with E-state index in [2.05, 4.69) is 35.2 Å². The Morgan fingerprint density at radius 3 is 2.58 bits per heavy atom. The molecule has 1 aliphatic rings. The first-order chi connectivity index (χ1) is 11.6. The summed E-state index contributed by atoms with van der Waals surface area (Å²) < 4.78 is 13.4. The van der Waals surface area contributed by atoms with Crippen molar-refractivity contribution in [2.45, 2.75) is 31.9 Å². The first-order valence-electron chi connectivity index (χ1n) is 8.53. The summed E-state index contributed by atoms with van der Waals surface area (Å²) in [6.07, 6.45) is 3.60. The minimum Gasteiger partial charge on any atom is -0.387 e. The summed E-state index contributed by atoms with van der Waals surface area (Å²) in [5.74, 6) is -0.303. The Bertz CT molecular complexity index is 698. The zero-order valence-corrected chi connectivity index (χ0v) is 14.0. The van der Waals surface area contributed by atoms with Crippen LogP contribution in [0.25, 0.3) is 0 Å². The Morgan fingerprint density at radius 2 is 1.92 bits per heavy atom. The van der Waals surface area contributed by atoms with Gasteiger partial charge in [-0.25, -0.2) is 4.39 Å². The van der Waals surface area contributed by atoms with Crippen LogP contribution in [0.3, 0.4) is 0 Å². The van der Waals surface area contributed by atoms with E-state index in [0.29, 0.717) is 5.56 Å². The maximum atomic E-state index is 13.4. The molecule has 0 aromatic heterocycles. The van der Waals surface area contributed by atoms with Crippen molar-refractivity contribution in [3.63, 3.8) is 0 Å². The molecule has 126 valence electrons. The van der Waals surface area contributed by atoms with Gasteiger partial charge in [0.05, 0.1) is 6.10 Å². The van der Waals surface area contributed by atoms with Crippen molar-refractivity contribution in [1.29, 1.82) is 0 Å². The second-order valence-corrected chi connectivity index (χ2v) is 6.51. The lowest BCUT2D eigenvalue weighted by Gasteiger charge is -2.34. The van der Waals surface area contributed by atoms with Gasteiger partial charge < -0.3 is 5.11 Å². The largest absolute Gasteiger partial charge is 0.387 e. The molecule has 0 bridgehead atoms. The number of aliphatic hydroxyl groups excluding tert-OH is 1. The van der Waals surface area contributed by atoms with Gasteiger partial charge in [-0.1, -0.05) is 54.1 Å². The average Bonchev–Trinajstić information content (AvgIpc) is 2.62. The summed E-state index contributed by atoms with van der Waals surface area (Å²) in [6.45, 7) is 3.76. The van der Waals surface area contributed by atoms with Crippen molar-refractivity contribution in [2.75, 3.05) is 13.1 Å². The minimum absolute atomic E-state index is 0.0404. The first kappa shape index (κ1) is 16.9. The smallest absolute Gasteiger partial charge is 0.123 e. The molecule has 1 aliphatic heterocycles. The van der Waals surface area contributed by atoms with Crippen LogP contribution in [0.15, 0.2) is 66.2 Å². The number of benzene rings is 2. The van der Waals surface area contributed by atoms with E-state index in [-0.39, 0.29) is 11.9 Å². The SMILES string of the molecule is C[C@@H]([C@H](O)c1cccc(F)c1)N1CC=C(Cc2ccccc2)CC1. The summed E-state index contributed by atoms with van der Waals surface area (Å²) in [4.78, 5) is 2.25. The van der Waals surface area contributed by atoms with E-state index in [9.17, 15) is 9.50 Å². The molecule has 1 N–H and O–H groups in total. The van der Waals surface area contributed by atoms with Crippen LogP contribution in [0.4, 0.5) is 4.39 Å². The van der Waals surface area contributed by atoms with Crippen molar-refractivity contribution in [2.24, 2.45) is 0 Å². The van der Waals surface area contributed by atoms with Crippen LogP contribution >= 0.6 is 0 Å². The minimum atomic E-state index is -0.676. The Morgan fingerprint density at radius 1 is 1.12 bits per heavy atom. The standard InChI is InChI=1S/C21H24FNO/c1-16(21(24)19-8-5-9-20(22)15-19)23-12-10-18(11-13-23)14-17-6-3-2-4-7-17/h2-10,15-16,21,24H,11-14H2,1H3/t16-,21-/m0/s1. The third kappa shape index (κ3) is 4.11. The van der Waals surface area contributed by atoms with Crippen LogP contribution < -0.4 is 0 Å². The van der Waals surface area contributed by atoms with Crippen molar-refractivity contribution in [3.8, 4) is 0 Å². The Kier molecular flexibility index (Phi) is 5.44. The van der Waals surface area contributed by atoms with Crippen LogP contribution in [0.2, 0.25) is 0 Å². The van der Waals surface area contributed by atoms with Crippen molar-refractivity contribution >= 4 is 0 Å². The molecule has 0 fully saturated rings. The van der Waals surface area contributed by atoms with Crippen LogP contribution in [0, 0.1) is 5.82 Å². The van der Waals surface area contributed by atoms with Gasteiger partial charge in [0.1, 0.15) is 5.82 Å². The van der Waals surface area contributed by atoms with Crippen molar-refractivity contribution < 1.29 is 9.50 Å². The first-order valence-corrected chi connectivity index (χ1v) is 8.53. The molecule has 0 saturated carbocycles. The topological polar surface area (TPSA) is 23.5 Å². The van der Waals surface area contributed by atoms with Gasteiger partial charge in [0, 0.05) is 19.1 Å². The number of rotatable bonds is 5. The lowest BCUT2D eigenvalue weighted by Crippen LogP contribution is -2.40. The highest BCUT2D eigenvalue weighted by molar-refractivity contribution is 5.24.